The van der Waals surface area contributed by atoms with E-state index in [2.05, 4.69) is 21.6 Å². The summed E-state index contributed by atoms with van der Waals surface area (Å²) in [6.45, 7) is 1.97. The number of hydrogen-bond donors (Lipinski definition) is 1. The summed E-state index contributed by atoms with van der Waals surface area (Å²) in [5.41, 5.74) is 6.55. The fraction of sp³-hybridized carbons (Fsp3) is 0.152. The van der Waals surface area contributed by atoms with Crippen LogP contribution in [0.1, 0.15) is 21.5 Å². The van der Waals surface area contributed by atoms with Crippen LogP contribution in [0.5, 0.6) is 0 Å². The first-order chi connectivity index (χ1) is 21.0. The van der Waals surface area contributed by atoms with E-state index < -0.39 is 10.0 Å². The van der Waals surface area contributed by atoms with Gasteiger partial charge in [-0.15, -0.1) is 5.10 Å². The highest BCUT2D eigenvalue weighted by Crippen LogP contribution is 2.42. The number of nitriles is 1. The molecular formula is C33H28N6O4S. The SMILES string of the molecule is CNC(=O)c1c(-c2ccc(C)cc2)oc2cc(N(C)S(C)(=O)=O)c(-c3cnnc(-c4cc5c(C#N)cccc5n4C)c3)cc12. The number of sulfonamides is 1. The third-order valence-corrected chi connectivity index (χ3v) is 9.04. The zero-order chi connectivity index (χ0) is 31.3. The maximum atomic E-state index is 13.3. The Morgan fingerprint density at radius 3 is 2.48 bits per heavy atom. The summed E-state index contributed by atoms with van der Waals surface area (Å²) in [6, 6.07) is 22.5. The van der Waals surface area contributed by atoms with E-state index in [-0.39, 0.29) is 5.91 Å². The Kier molecular flexibility index (Phi) is 6.94. The van der Waals surface area contributed by atoms with Crippen molar-refractivity contribution in [2.45, 2.75) is 6.92 Å². The summed E-state index contributed by atoms with van der Waals surface area (Å²) in [7, 11) is 1.21. The van der Waals surface area contributed by atoms with Crippen LogP contribution >= 0.6 is 0 Å². The maximum absolute atomic E-state index is 13.3. The molecule has 0 aliphatic heterocycles. The number of carbonyl (C=O) groups excluding carboxylic acids is 1. The first-order valence-electron chi connectivity index (χ1n) is 13.7. The van der Waals surface area contributed by atoms with Crippen molar-refractivity contribution in [1.82, 2.24) is 20.1 Å². The highest BCUT2D eigenvalue weighted by molar-refractivity contribution is 7.92. The lowest BCUT2D eigenvalue weighted by Crippen LogP contribution is -2.25. The van der Waals surface area contributed by atoms with E-state index in [0.717, 1.165) is 28.4 Å². The van der Waals surface area contributed by atoms with Gasteiger partial charge in [-0.2, -0.15) is 10.4 Å². The molecule has 44 heavy (non-hydrogen) atoms. The van der Waals surface area contributed by atoms with Gasteiger partial charge in [-0.1, -0.05) is 35.9 Å². The van der Waals surface area contributed by atoms with Gasteiger partial charge < -0.3 is 14.3 Å². The molecule has 0 atom stereocenters. The summed E-state index contributed by atoms with van der Waals surface area (Å²) in [4.78, 5) is 13.3. The quantitative estimate of drug-likeness (QED) is 0.260. The minimum absolute atomic E-state index is 0.334. The molecule has 0 saturated heterocycles. The van der Waals surface area contributed by atoms with E-state index in [9.17, 15) is 18.5 Å². The third kappa shape index (κ3) is 4.75. The van der Waals surface area contributed by atoms with Crippen molar-refractivity contribution in [2.24, 2.45) is 7.05 Å². The lowest BCUT2D eigenvalue weighted by molar-refractivity contribution is 0.0964. The van der Waals surface area contributed by atoms with Crippen LogP contribution in [-0.2, 0) is 17.1 Å². The summed E-state index contributed by atoms with van der Waals surface area (Å²) in [5.74, 6) is 0.0358. The van der Waals surface area contributed by atoms with Crippen LogP contribution in [0.4, 0.5) is 5.69 Å². The van der Waals surface area contributed by atoms with Crippen molar-refractivity contribution >= 4 is 43.5 Å². The van der Waals surface area contributed by atoms with Crippen LogP contribution in [0.2, 0.25) is 0 Å². The number of benzene rings is 3. The van der Waals surface area contributed by atoms with Gasteiger partial charge in [-0.25, -0.2) is 8.42 Å². The molecule has 0 unspecified atom stereocenters. The zero-order valence-electron chi connectivity index (χ0n) is 24.7. The van der Waals surface area contributed by atoms with E-state index in [1.165, 1.54) is 11.4 Å². The Morgan fingerprint density at radius 2 is 1.80 bits per heavy atom. The van der Waals surface area contributed by atoms with Crippen LogP contribution < -0.4 is 9.62 Å². The van der Waals surface area contributed by atoms with Gasteiger partial charge in [0.15, 0.2) is 0 Å². The van der Waals surface area contributed by atoms with Crippen molar-refractivity contribution in [2.75, 3.05) is 24.7 Å². The Morgan fingerprint density at radius 1 is 1.05 bits per heavy atom. The number of amides is 1. The van der Waals surface area contributed by atoms with Crippen LogP contribution in [0, 0.1) is 18.3 Å². The molecule has 10 nitrogen and oxygen atoms in total. The highest BCUT2D eigenvalue weighted by Gasteiger charge is 2.26. The molecule has 3 aromatic carbocycles. The lowest BCUT2D eigenvalue weighted by Gasteiger charge is -2.20. The van der Waals surface area contributed by atoms with E-state index in [4.69, 9.17) is 4.42 Å². The van der Waals surface area contributed by atoms with E-state index in [0.29, 0.717) is 55.9 Å². The second kappa shape index (κ2) is 10.7. The third-order valence-electron chi connectivity index (χ3n) is 7.85. The number of nitrogens with one attached hydrogen (secondary N) is 1. The number of aryl methyl sites for hydroxylation is 2. The highest BCUT2D eigenvalue weighted by atomic mass is 32.2. The van der Waals surface area contributed by atoms with Crippen molar-refractivity contribution in [3.05, 3.63) is 89.6 Å². The predicted molar refractivity (Wildman–Crippen MR) is 171 cm³/mol. The van der Waals surface area contributed by atoms with Crippen molar-refractivity contribution in [1.29, 1.82) is 5.26 Å². The first-order valence-corrected chi connectivity index (χ1v) is 15.5. The zero-order valence-corrected chi connectivity index (χ0v) is 25.5. The summed E-state index contributed by atoms with van der Waals surface area (Å²) in [5, 5.41) is 22.3. The molecule has 0 saturated carbocycles. The topological polar surface area (TPSA) is 134 Å². The number of hydrogen-bond acceptors (Lipinski definition) is 7. The molecule has 1 N–H and O–H groups in total. The number of fused-ring (bicyclic) bond motifs is 2. The molecule has 11 heteroatoms. The minimum Gasteiger partial charge on any atom is -0.455 e. The lowest BCUT2D eigenvalue weighted by atomic mass is 9.98. The summed E-state index contributed by atoms with van der Waals surface area (Å²) < 4.78 is 35.0. The molecule has 0 bridgehead atoms. The fourth-order valence-corrected chi connectivity index (χ4v) is 5.91. The molecule has 0 radical (unpaired) electrons. The van der Waals surface area contributed by atoms with Crippen molar-refractivity contribution in [3.8, 4) is 39.9 Å². The van der Waals surface area contributed by atoms with Gasteiger partial charge in [0.25, 0.3) is 5.91 Å². The molecule has 0 spiro atoms. The van der Waals surface area contributed by atoms with E-state index in [1.807, 2.05) is 67.1 Å². The van der Waals surface area contributed by atoms with E-state index in [1.54, 1.807) is 31.4 Å². The first kappa shape index (κ1) is 28.6. The van der Waals surface area contributed by atoms with Crippen molar-refractivity contribution < 1.29 is 17.6 Å². The molecule has 0 aliphatic carbocycles. The molecular weight excluding hydrogens is 576 g/mol. The summed E-state index contributed by atoms with van der Waals surface area (Å²) >= 11 is 0. The maximum Gasteiger partial charge on any atom is 0.255 e. The molecule has 1 amide bonds. The molecule has 3 heterocycles. The number of carbonyl (C=O) groups is 1. The Balaban J connectivity index is 1.62. The van der Waals surface area contributed by atoms with Crippen LogP contribution in [0.15, 0.2) is 77.3 Å². The van der Waals surface area contributed by atoms with Gasteiger partial charge in [-0.3, -0.25) is 9.10 Å². The van der Waals surface area contributed by atoms with Gasteiger partial charge >= 0.3 is 0 Å². The Labute approximate surface area is 254 Å². The number of furan rings is 1. The van der Waals surface area contributed by atoms with Crippen molar-refractivity contribution in [3.63, 3.8) is 0 Å². The van der Waals surface area contributed by atoms with Gasteiger partial charge in [0, 0.05) is 60.2 Å². The Hall–Kier alpha value is -5.47. The second-order valence-corrected chi connectivity index (χ2v) is 12.6. The smallest absolute Gasteiger partial charge is 0.255 e. The molecule has 3 aromatic heterocycles. The number of anilines is 1. The largest absolute Gasteiger partial charge is 0.455 e. The minimum atomic E-state index is -3.69. The van der Waals surface area contributed by atoms with Gasteiger partial charge in [0.1, 0.15) is 17.0 Å². The molecule has 0 fully saturated rings. The second-order valence-electron chi connectivity index (χ2n) is 10.6. The predicted octanol–water partition coefficient (Wildman–Crippen LogP) is 5.65. The molecule has 0 aliphatic rings. The Bertz CT molecular complexity index is 2260. The monoisotopic (exact) mass is 604 g/mol. The van der Waals surface area contributed by atoms with E-state index >= 15 is 0 Å². The molecule has 6 rings (SSSR count). The number of rotatable bonds is 6. The standard InChI is InChI=1S/C33H28N6O4S/c1-19-9-11-20(12-10-19)32-31(33(40)35-2)25-14-23(28(16-30(25)43-32)39(4)44(5,41)42)22-13-26(37-36-18-22)29-15-24-21(17-34)7-6-8-27(24)38(29)3/h6-16,18H,1-5H3,(H,35,40). The summed E-state index contributed by atoms with van der Waals surface area (Å²) in [6.07, 6.45) is 2.67. The molecule has 6 aromatic rings. The number of nitrogens with zero attached hydrogens (tertiary/aromatic N) is 5. The van der Waals surface area contributed by atoms with Crippen LogP contribution in [-0.4, -0.2) is 49.4 Å². The average molecular weight is 605 g/mol. The molecule has 220 valence electrons. The van der Waals surface area contributed by atoms with Gasteiger partial charge in [0.05, 0.1) is 41.0 Å². The number of aromatic nitrogens is 3. The average Bonchev–Trinajstić information content (AvgIpc) is 3.57. The van der Waals surface area contributed by atoms with Gasteiger partial charge in [0.2, 0.25) is 10.0 Å². The fourth-order valence-electron chi connectivity index (χ4n) is 5.40. The normalized spacial score (nSPS) is 11.5. The van der Waals surface area contributed by atoms with Crippen LogP contribution in [0.3, 0.4) is 0 Å². The van der Waals surface area contributed by atoms with Crippen LogP contribution in [0.25, 0.3) is 55.7 Å². The van der Waals surface area contributed by atoms with Gasteiger partial charge in [-0.05, 0) is 37.3 Å².